The Hall–Kier alpha value is -2.05. The Balaban J connectivity index is 1.12. The quantitative estimate of drug-likeness (QED) is 0.621. The van der Waals surface area contributed by atoms with E-state index in [-0.39, 0.29) is 22.7 Å². The van der Waals surface area contributed by atoms with Crippen molar-refractivity contribution in [2.24, 2.45) is 17.1 Å². The van der Waals surface area contributed by atoms with Gasteiger partial charge in [0.1, 0.15) is 0 Å². The molecule has 1 unspecified atom stereocenters. The van der Waals surface area contributed by atoms with Crippen molar-refractivity contribution in [1.29, 1.82) is 0 Å². The molecule has 5 heteroatoms. The van der Waals surface area contributed by atoms with Gasteiger partial charge < -0.3 is 15.6 Å². The number of hydrogen-bond acceptors (Lipinski definition) is 5. The van der Waals surface area contributed by atoms with Crippen LogP contribution in [0.1, 0.15) is 69.8 Å². The highest BCUT2D eigenvalue weighted by molar-refractivity contribution is 5.82. The minimum atomic E-state index is -0.397. The fourth-order valence-corrected chi connectivity index (χ4v) is 9.70. The molecule has 3 aliphatic carbocycles. The van der Waals surface area contributed by atoms with Crippen molar-refractivity contribution in [3.05, 3.63) is 65.5 Å². The number of fused-ring (bicyclic) bond motifs is 2. The molecule has 194 valence electrons. The van der Waals surface area contributed by atoms with Crippen LogP contribution in [0.3, 0.4) is 0 Å². The third-order valence-electron chi connectivity index (χ3n) is 11.6. The largest absolute Gasteiger partial charge is 0.390 e. The first-order valence-corrected chi connectivity index (χ1v) is 14.5. The lowest BCUT2D eigenvalue weighted by Gasteiger charge is -2.55. The van der Waals surface area contributed by atoms with E-state index in [1.54, 1.807) is 0 Å². The summed E-state index contributed by atoms with van der Waals surface area (Å²) in [6, 6.07) is 9.50. The van der Waals surface area contributed by atoms with Crippen LogP contribution >= 0.6 is 0 Å². The lowest BCUT2D eigenvalue weighted by molar-refractivity contribution is -0.140. The molecule has 4 heterocycles. The van der Waals surface area contributed by atoms with E-state index in [0.29, 0.717) is 24.4 Å². The lowest BCUT2D eigenvalue weighted by atomic mass is 9.58. The molecule has 4 fully saturated rings. The molecule has 0 amide bonds. The number of β-amino-alcohol motifs (C(OH)–C–C–N with tert-alkyl or cyclic N) is 1. The molecule has 8 atom stereocenters. The number of aliphatic hydroxyl groups is 1. The molecule has 6 aliphatic rings. The van der Waals surface area contributed by atoms with Crippen LogP contribution in [0.15, 0.2) is 60.0 Å². The third-order valence-corrected chi connectivity index (χ3v) is 11.6. The van der Waals surface area contributed by atoms with E-state index in [0.717, 1.165) is 45.1 Å². The van der Waals surface area contributed by atoms with Gasteiger partial charge in [0.15, 0.2) is 0 Å². The fraction of sp³-hybridized carbons (Fsp3) is 0.594. The first-order chi connectivity index (χ1) is 17.9. The van der Waals surface area contributed by atoms with Gasteiger partial charge in [-0.25, -0.2) is 0 Å². The summed E-state index contributed by atoms with van der Waals surface area (Å²) < 4.78 is 7.49. The summed E-state index contributed by atoms with van der Waals surface area (Å²) in [5.41, 5.74) is 10.6. The number of aromatic nitrogens is 1. The van der Waals surface area contributed by atoms with Crippen LogP contribution < -0.4 is 5.73 Å². The maximum Gasteiger partial charge on any atom is 0.0974 e. The average Bonchev–Trinajstić information content (AvgIpc) is 3.54. The molecule has 1 aromatic heterocycles. The number of benzene rings is 1. The molecule has 3 N–H and O–H groups in total. The van der Waals surface area contributed by atoms with Gasteiger partial charge in [0.25, 0.3) is 0 Å². The van der Waals surface area contributed by atoms with Gasteiger partial charge in [-0.2, -0.15) is 0 Å². The monoisotopic (exact) mass is 497 g/mol. The number of nitrogens with zero attached hydrogens (tertiary/aromatic N) is 2. The third kappa shape index (κ3) is 3.09. The summed E-state index contributed by atoms with van der Waals surface area (Å²) >= 11 is 0. The molecule has 8 rings (SSSR count). The highest BCUT2D eigenvalue weighted by atomic mass is 16.5. The number of nitrogens with two attached hydrogens (primary N) is 1. The van der Waals surface area contributed by atoms with E-state index in [1.165, 1.54) is 40.3 Å². The zero-order valence-electron chi connectivity index (χ0n) is 21.9. The van der Waals surface area contributed by atoms with Gasteiger partial charge in [-0.3, -0.25) is 9.88 Å². The normalized spacial score (nSPS) is 44.8. The zero-order chi connectivity index (χ0) is 25.0. The number of hydrogen-bond donors (Lipinski definition) is 2. The summed E-state index contributed by atoms with van der Waals surface area (Å²) in [7, 11) is 0. The molecule has 5 nitrogen and oxygen atoms in total. The number of rotatable bonds is 2. The first kappa shape index (κ1) is 22.9. The molecule has 0 radical (unpaired) electrons. The number of allylic oxidation sites excluding steroid dienone is 1. The lowest BCUT2D eigenvalue weighted by Crippen LogP contribution is -2.55. The van der Waals surface area contributed by atoms with E-state index in [2.05, 4.69) is 53.2 Å². The molecule has 1 aromatic carbocycles. The predicted molar refractivity (Wildman–Crippen MR) is 145 cm³/mol. The van der Waals surface area contributed by atoms with Gasteiger partial charge in [-0.15, -0.1) is 0 Å². The van der Waals surface area contributed by atoms with Gasteiger partial charge >= 0.3 is 0 Å². The molecule has 2 saturated heterocycles. The van der Waals surface area contributed by atoms with E-state index >= 15 is 0 Å². The molecule has 2 spiro atoms. The summed E-state index contributed by atoms with van der Waals surface area (Å²) in [6.45, 7) is 4.07. The minimum absolute atomic E-state index is 0.119. The Morgan fingerprint density at radius 3 is 2.89 bits per heavy atom. The minimum Gasteiger partial charge on any atom is -0.390 e. The Labute approximate surface area is 219 Å². The molecular weight excluding hydrogens is 458 g/mol. The number of aliphatic hydroxyl groups excluding tert-OH is 1. The Morgan fingerprint density at radius 1 is 1.11 bits per heavy atom. The van der Waals surface area contributed by atoms with Crippen molar-refractivity contribution in [2.45, 2.75) is 93.6 Å². The summed E-state index contributed by atoms with van der Waals surface area (Å²) in [5.74, 6) is 1.10. The summed E-state index contributed by atoms with van der Waals surface area (Å²) in [4.78, 5) is 6.83. The van der Waals surface area contributed by atoms with Gasteiger partial charge in [-0.1, -0.05) is 31.2 Å². The second-order valence-electron chi connectivity index (χ2n) is 13.3. The van der Waals surface area contributed by atoms with Gasteiger partial charge in [-0.05, 0) is 103 Å². The highest BCUT2D eigenvalue weighted by Crippen LogP contribution is 2.69. The van der Waals surface area contributed by atoms with Gasteiger partial charge in [0.05, 0.1) is 17.3 Å². The number of likely N-dealkylation sites (tertiary alicyclic amines) is 1. The Kier molecular flexibility index (Phi) is 4.80. The molecule has 3 aliphatic heterocycles. The maximum absolute atomic E-state index is 10.3. The van der Waals surface area contributed by atoms with Crippen LogP contribution in [-0.4, -0.2) is 57.5 Å². The molecule has 37 heavy (non-hydrogen) atoms. The van der Waals surface area contributed by atoms with E-state index < -0.39 is 6.10 Å². The smallest absolute Gasteiger partial charge is 0.0974 e. The SMILES string of the molecule is C[C@]12CC=C3C=C4CC[C@@H](N5C[C@H](N)[C@@H](O)C5)C[C@]45CCC3(O5)[C@@H]1CC[C@@H]2c1ccc2ccncc2c1. The Morgan fingerprint density at radius 2 is 2.03 bits per heavy atom. The van der Waals surface area contributed by atoms with Crippen molar-refractivity contribution in [3.8, 4) is 0 Å². The van der Waals surface area contributed by atoms with Crippen LogP contribution in [-0.2, 0) is 4.74 Å². The summed E-state index contributed by atoms with van der Waals surface area (Å²) in [5, 5.41) is 12.8. The second-order valence-corrected chi connectivity index (χ2v) is 13.3. The molecule has 2 bridgehead atoms. The van der Waals surface area contributed by atoms with Crippen LogP contribution in [0.4, 0.5) is 0 Å². The standard InChI is InChI=1S/C32H39N3O2/c1-30-10-8-24-15-23-4-5-25(35-18-27(33)28(36)19-35)16-31(23)11-12-32(24,37-31)29(30)7-6-26(30)21-3-2-20-9-13-34-17-22(20)14-21/h2-3,8-9,13-15,17,25-29,36H,4-7,10-12,16,18-19,33H2,1H3/t25-,26-,27+,28+,29-,30-,31-,32?/m1/s1. The second kappa shape index (κ2) is 7.75. The van der Waals surface area contributed by atoms with Crippen molar-refractivity contribution < 1.29 is 9.84 Å². The van der Waals surface area contributed by atoms with Gasteiger partial charge in [0.2, 0.25) is 0 Å². The predicted octanol–water partition coefficient (Wildman–Crippen LogP) is 4.85. The highest BCUT2D eigenvalue weighted by Gasteiger charge is 2.66. The number of pyridine rings is 1. The zero-order valence-corrected chi connectivity index (χ0v) is 21.9. The topological polar surface area (TPSA) is 71.6 Å². The van der Waals surface area contributed by atoms with Crippen molar-refractivity contribution in [3.63, 3.8) is 0 Å². The summed E-state index contributed by atoms with van der Waals surface area (Å²) in [6.07, 6.45) is 17.8. The molecule has 2 aromatic rings. The van der Waals surface area contributed by atoms with E-state index in [4.69, 9.17) is 10.5 Å². The van der Waals surface area contributed by atoms with Crippen LogP contribution in [0.5, 0.6) is 0 Å². The van der Waals surface area contributed by atoms with Crippen LogP contribution in [0, 0.1) is 11.3 Å². The average molecular weight is 498 g/mol. The van der Waals surface area contributed by atoms with E-state index in [9.17, 15) is 5.11 Å². The van der Waals surface area contributed by atoms with Crippen molar-refractivity contribution in [1.82, 2.24) is 9.88 Å². The van der Waals surface area contributed by atoms with Crippen molar-refractivity contribution >= 4 is 10.8 Å². The van der Waals surface area contributed by atoms with E-state index in [1.807, 2.05) is 12.4 Å². The molecular formula is C32H39N3O2. The number of ether oxygens (including phenoxy) is 1. The fourth-order valence-electron chi connectivity index (χ4n) is 9.70. The van der Waals surface area contributed by atoms with Crippen LogP contribution in [0.25, 0.3) is 10.8 Å². The van der Waals surface area contributed by atoms with Gasteiger partial charge in [0, 0.05) is 43.0 Å². The van der Waals surface area contributed by atoms with Crippen molar-refractivity contribution in [2.75, 3.05) is 13.1 Å². The first-order valence-electron chi connectivity index (χ1n) is 14.5. The molecule has 2 saturated carbocycles. The van der Waals surface area contributed by atoms with Crippen LogP contribution in [0.2, 0.25) is 0 Å². The maximum atomic E-state index is 10.3. The Bertz CT molecular complexity index is 1330.